The molecule has 33 heavy (non-hydrogen) atoms. The molecule has 5 rings (SSSR count). The average molecular weight is 448 g/mol. The molecule has 0 aliphatic carbocycles. The molecule has 2 aliphatic rings. The molecule has 3 heterocycles. The number of nitrogens with zero attached hydrogens (tertiary/aromatic N) is 4. The second-order valence-corrected chi connectivity index (χ2v) is 8.21. The molecule has 170 valence electrons. The number of benzene rings is 2. The summed E-state index contributed by atoms with van der Waals surface area (Å²) in [6.07, 6.45) is 1.71. The van der Waals surface area contributed by atoms with Crippen molar-refractivity contribution >= 4 is 22.7 Å². The van der Waals surface area contributed by atoms with Gasteiger partial charge in [-0.15, -0.1) is 0 Å². The van der Waals surface area contributed by atoms with E-state index in [1.807, 2.05) is 19.1 Å². The molecular weight excluding hydrogens is 424 g/mol. The summed E-state index contributed by atoms with van der Waals surface area (Å²) in [6.45, 7) is 4.17. The van der Waals surface area contributed by atoms with E-state index in [4.69, 9.17) is 9.47 Å². The average Bonchev–Trinajstić information content (AvgIpc) is 3.31. The van der Waals surface area contributed by atoms with Gasteiger partial charge in [-0.3, -0.25) is 19.0 Å². The normalized spacial score (nSPS) is 15.2. The number of para-hydroxylation sites is 1. The number of hydrogen-bond donors (Lipinski definition) is 0. The Morgan fingerprint density at radius 1 is 1.00 bits per heavy atom. The van der Waals surface area contributed by atoms with Gasteiger partial charge >= 0.3 is 0 Å². The van der Waals surface area contributed by atoms with Crippen LogP contribution >= 0.6 is 0 Å². The largest absolute Gasteiger partial charge is 0.454 e. The van der Waals surface area contributed by atoms with E-state index in [1.54, 1.807) is 34.1 Å². The van der Waals surface area contributed by atoms with Gasteiger partial charge in [-0.25, -0.2) is 4.98 Å². The van der Waals surface area contributed by atoms with Crippen LogP contribution in [0, 0.1) is 6.92 Å². The summed E-state index contributed by atoms with van der Waals surface area (Å²) < 4.78 is 12.1. The van der Waals surface area contributed by atoms with E-state index in [1.165, 1.54) is 10.9 Å². The van der Waals surface area contributed by atoms with Gasteiger partial charge in [0.15, 0.2) is 11.5 Å². The Morgan fingerprint density at radius 3 is 2.58 bits per heavy atom. The fourth-order valence-corrected chi connectivity index (χ4v) is 4.24. The van der Waals surface area contributed by atoms with Crippen LogP contribution in [0.25, 0.3) is 10.9 Å². The first kappa shape index (κ1) is 21.0. The molecule has 9 nitrogen and oxygen atoms in total. The highest BCUT2D eigenvalue weighted by Gasteiger charge is 2.26. The maximum atomic E-state index is 12.8. The molecule has 0 saturated carbocycles. The molecule has 2 amide bonds. The maximum absolute atomic E-state index is 12.8. The first-order valence-corrected chi connectivity index (χ1v) is 10.9. The van der Waals surface area contributed by atoms with Gasteiger partial charge in [0.25, 0.3) is 11.5 Å². The van der Waals surface area contributed by atoms with E-state index in [9.17, 15) is 14.4 Å². The van der Waals surface area contributed by atoms with E-state index in [-0.39, 0.29) is 37.1 Å². The van der Waals surface area contributed by atoms with Crippen molar-refractivity contribution in [3.8, 4) is 11.5 Å². The molecule has 0 spiro atoms. The Hall–Kier alpha value is -3.88. The number of hydrogen-bond acceptors (Lipinski definition) is 6. The number of piperazine rings is 1. The van der Waals surface area contributed by atoms with Gasteiger partial charge in [-0.1, -0.05) is 12.1 Å². The third kappa shape index (κ3) is 4.02. The van der Waals surface area contributed by atoms with Gasteiger partial charge in [0.1, 0.15) is 0 Å². The summed E-state index contributed by atoms with van der Waals surface area (Å²) in [7, 11) is 0. The lowest BCUT2D eigenvalue weighted by atomic mass is 10.1. The highest BCUT2D eigenvalue weighted by molar-refractivity contribution is 5.95. The van der Waals surface area contributed by atoms with Crippen molar-refractivity contribution in [1.29, 1.82) is 0 Å². The van der Waals surface area contributed by atoms with E-state index < -0.39 is 0 Å². The van der Waals surface area contributed by atoms with Crippen molar-refractivity contribution in [2.24, 2.45) is 0 Å². The Kier molecular flexibility index (Phi) is 5.45. The van der Waals surface area contributed by atoms with Crippen LogP contribution in [0.4, 0.5) is 0 Å². The Morgan fingerprint density at radius 2 is 1.76 bits per heavy atom. The number of aromatic nitrogens is 2. The zero-order valence-corrected chi connectivity index (χ0v) is 18.3. The van der Waals surface area contributed by atoms with Crippen LogP contribution in [-0.4, -0.2) is 64.1 Å². The van der Waals surface area contributed by atoms with Crippen LogP contribution in [0.1, 0.15) is 22.3 Å². The fraction of sp³-hybridized carbons (Fsp3) is 0.333. The minimum absolute atomic E-state index is 0.0404. The number of fused-ring (bicyclic) bond motifs is 2. The smallest absolute Gasteiger partial charge is 0.261 e. The predicted molar refractivity (Wildman–Crippen MR) is 120 cm³/mol. The number of carbonyl (C=O) groups is 2. The molecule has 1 aromatic heterocycles. The minimum Gasteiger partial charge on any atom is -0.454 e. The lowest BCUT2D eigenvalue weighted by molar-refractivity contribution is -0.132. The van der Waals surface area contributed by atoms with Crippen molar-refractivity contribution in [1.82, 2.24) is 19.4 Å². The van der Waals surface area contributed by atoms with E-state index in [2.05, 4.69) is 4.98 Å². The molecule has 3 aromatic rings. The summed E-state index contributed by atoms with van der Waals surface area (Å²) in [5.41, 5.74) is 2.03. The Bertz CT molecular complexity index is 1290. The first-order valence-electron chi connectivity index (χ1n) is 10.9. The fourth-order valence-electron chi connectivity index (χ4n) is 4.24. The molecule has 2 aliphatic heterocycles. The standard InChI is InChI=1S/C24H24N4O5/c1-16-3-2-4-18-22(16)25-14-28(24(18)31)8-7-21(29)26-9-11-27(12-10-26)23(30)17-5-6-19-20(13-17)33-15-32-19/h2-6,13-14H,7-12,15H2,1H3. The lowest BCUT2D eigenvalue weighted by Crippen LogP contribution is -2.50. The van der Waals surface area contributed by atoms with Gasteiger partial charge in [-0.2, -0.15) is 0 Å². The monoisotopic (exact) mass is 448 g/mol. The predicted octanol–water partition coefficient (Wildman–Crippen LogP) is 1.81. The highest BCUT2D eigenvalue weighted by atomic mass is 16.7. The second kappa shape index (κ2) is 8.57. The van der Waals surface area contributed by atoms with Crippen molar-refractivity contribution in [2.75, 3.05) is 33.0 Å². The number of ether oxygens (including phenoxy) is 2. The van der Waals surface area contributed by atoms with Crippen molar-refractivity contribution in [2.45, 2.75) is 19.9 Å². The molecule has 0 bridgehead atoms. The van der Waals surface area contributed by atoms with Crippen LogP contribution in [0.15, 0.2) is 47.5 Å². The van der Waals surface area contributed by atoms with E-state index in [0.717, 1.165) is 5.56 Å². The minimum atomic E-state index is -0.143. The van der Waals surface area contributed by atoms with Crippen molar-refractivity contribution < 1.29 is 19.1 Å². The third-order valence-electron chi connectivity index (χ3n) is 6.16. The molecule has 0 radical (unpaired) electrons. The summed E-state index contributed by atoms with van der Waals surface area (Å²) in [6, 6.07) is 10.7. The molecule has 1 saturated heterocycles. The zero-order chi connectivity index (χ0) is 22.9. The maximum Gasteiger partial charge on any atom is 0.261 e. The van der Waals surface area contributed by atoms with Crippen LogP contribution in [0.3, 0.4) is 0 Å². The zero-order valence-electron chi connectivity index (χ0n) is 18.3. The second-order valence-electron chi connectivity index (χ2n) is 8.21. The van der Waals surface area contributed by atoms with Crippen LogP contribution in [-0.2, 0) is 11.3 Å². The molecule has 0 atom stereocenters. The molecule has 0 N–H and O–H groups in total. The SMILES string of the molecule is Cc1cccc2c(=O)n(CCC(=O)N3CCN(C(=O)c4ccc5c(c4)OCO5)CC3)cnc12. The number of aryl methyl sites for hydroxylation is 2. The van der Waals surface area contributed by atoms with Gasteiger partial charge in [-0.05, 0) is 36.8 Å². The summed E-state index contributed by atoms with van der Waals surface area (Å²) in [4.78, 5) is 46.2. The Balaban J connectivity index is 1.17. The quantitative estimate of drug-likeness (QED) is 0.604. The molecule has 0 unspecified atom stereocenters. The summed E-state index contributed by atoms with van der Waals surface area (Å²) in [5, 5.41) is 0.556. The van der Waals surface area contributed by atoms with Gasteiger partial charge in [0.2, 0.25) is 12.7 Å². The summed E-state index contributed by atoms with van der Waals surface area (Å²) >= 11 is 0. The number of amides is 2. The highest BCUT2D eigenvalue weighted by Crippen LogP contribution is 2.32. The summed E-state index contributed by atoms with van der Waals surface area (Å²) in [5.74, 6) is 1.08. The van der Waals surface area contributed by atoms with Gasteiger partial charge in [0, 0.05) is 44.7 Å². The molecule has 9 heteroatoms. The molecule has 1 fully saturated rings. The van der Waals surface area contributed by atoms with Crippen LogP contribution in [0.2, 0.25) is 0 Å². The van der Waals surface area contributed by atoms with Crippen molar-refractivity contribution in [3.05, 3.63) is 64.2 Å². The number of rotatable bonds is 4. The van der Waals surface area contributed by atoms with Crippen molar-refractivity contribution in [3.63, 3.8) is 0 Å². The number of carbonyl (C=O) groups excluding carboxylic acids is 2. The van der Waals surface area contributed by atoms with Gasteiger partial charge < -0.3 is 19.3 Å². The molecule has 2 aromatic carbocycles. The van der Waals surface area contributed by atoms with Crippen LogP contribution < -0.4 is 15.0 Å². The van der Waals surface area contributed by atoms with E-state index >= 15 is 0 Å². The lowest BCUT2D eigenvalue weighted by Gasteiger charge is -2.35. The van der Waals surface area contributed by atoms with E-state index in [0.29, 0.717) is 54.1 Å². The first-order chi connectivity index (χ1) is 16.0. The molecular formula is C24H24N4O5. The van der Waals surface area contributed by atoms with Gasteiger partial charge in [0.05, 0.1) is 17.2 Å². The third-order valence-corrected chi connectivity index (χ3v) is 6.16. The topological polar surface area (TPSA) is 94.0 Å². The Labute approximate surface area is 190 Å². The van der Waals surface area contributed by atoms with Crippen LogP contribution in [0.5, 0.6) is 11.5 Å².